The predicted molar refractivity (Wildman–Crippen MR) is 64.8 cm³/mol. The molecular weight excluding hydrogens is 218 g/mol. The summed E-state index contributed by atoms with van der Waals surface area (Å²) in [5, 5.41) is 0. The van der Waals surface area contributed by atoms with Gasteiger partial charge in [-0.25, -0.2) is 0 Å². The molecule has 0 amide bonds. The van der Waals surface area contributed by atoms with Crippen molar-refractivity contribution in [3.63, 3.8) is 0 Å². The van der Waals surface area contributed by atoms with E-state index in [0.29, 0.717) is 6.10 Å². The molecule has 0 aromatic heterocycles. The fraction of sp³-hybridized carbons (Fsp3) is 0.923. The minimum Gasteiger partial charge on any atom is -0.469 e. The third-order valence-corrected chi connectivity index (χ3v) is 3.86. The van der Waals surface area contributed by atoms with Gasteiger partial charge in [0, 0.05) is 13.2 Å². The van der Waals surface area contributed by atoms with Gasteiger partial charge < -0.3 is 14.4 Å². The largest absolute Gasteiger partial charge is 0.469 e. The van der Waals surface area contributed by atoms with E-state index in [4.69, 9.17) is 9.47 Å². The molecule has 0 saturated carbocycles. The topological polar surface area (TPSA) is 38.8 Å². The van der Waals surface area contributed by atoms with Crippen molar-refractivity contribution >= 4 is 5.97 Å². The second kappa shape index (κ2) is 6.36. The van der Waals surface area contributed by atoms with Crippen molar-refractivity contribution in [3.05, 3.63) is 0 Å². The lowest BCUT2D eigenvalue weighted by atomic mass is 9.96. The molecule has 0 aliphatic carbocycles. The van der Waals surface area contributed by atoms with Crippen LogP contribution < -0.4 is 0 Å². The van der Waals surface area contributed by atoms with Gasteiger partial charge in [-0.1, -0.05) is 0 Å². The molecule has 2 fully saturated rings. The van der Waals surface area contributed by atoms with E-state index in [0.717, 1.165) is 39.1 Å². The normalized spacial score (nSPS) is 27.9. The third-order valence-electron chi connectivity index (χ3n) is 3.86. The van der Waals surface area contributed by atoms with Gasteiger partial charge in [0.2, 0.25) is 0 Å². The average molecular weight is 241 g/mol. The Labute approximate surface area is 103 Å². The summed E-state index contributed by atoms with van der Waals surface area (Å²) < 4.78 is 10.5. The summed E-state index contributed by atoms with van der Waals surface area (Å²) in [6, 6.07) is 0. The number of hydrogen-bond acceptors (Lipinski definition) is 4. The highest BCUT2D eigenvalue weighted by atomic mass is 16.5. The average Bonchev–Trinajstić information content (AvgIpc) is 2.40. The summed E-state index contributed by atoms with van der Waals surface area (Å²) in [6.45, 7) is 3.95. The van der Waals surface area contributed by atoms with Gasteiger partial charge in [0.15, 0.2) is 0 Å². The van der Waals surface area contributed by atoms with E-state index < -0.39 is 0 Å². The smallest absolute Gasteiger partial charge is 0.308 e. The number of methoxy groups -OCH3 is 1. The van der Waals surface area contributed by atoms with E-state index in [-0.39, 0.29) is 11.9 Å². The van der Waals surface area contributed by atoms with Gasteiger partial charge in [-0.05, 0) is 45.2 Å². The standard InChI is InChI=1S/C13H23NO3/c1-16-13(15)11-5-7-14(8-6-11)10-12-4-2-3-9-17-12/h11-12H,2-10H2,1H3. The molecule has 0 N–H and O–H groups in total. The van der Waals surface area contributed by atoms with Crippen LogP contribution in [0.1, 0.15) is 32.1 Å². The van der Waals surface area contributed by atoms with E-state index >= 15 is 0 Å². The number of piperidine rings is 1. The first-order chi connectivity index (χ1) is 8.29. The number of rotatable bonds is 3. The zero-order valence-electron chi connectivity index (χ0n) is 10.7. The van der Waals surface area contributed by atoms with Crippen LogP contribution in [0.2, 0.25) is 0 Å². The van der Waals surface area contributed by atoms with Crippen molar-refractivity contribution in [1.29, 1.82) is 0 Å². The van der Waals surface area contributed by atoms with Crippen molar-refractivity contribution in [2.75, 3.05) is 33.4 Å². The van der Waals surface area contributed by atoms with Crippen LogP contribution in [0.5, 0.6) is 0 Å². The SMILES string of the molecule is COC(=O)C1CCN(CC2CCCCO2)CC1. The number of carbonyl (C=O) groups excluding carboxylic acids is 1. The van der Waals surface area contributed by atoms with Gasteiger partial charge in [0.25, 0.3) is 0 Å². The molecule has 2 rings (SSSR count). The van der Waals surface area contributed by atoms with Crippen molar-refractivity contribution in [2.24, 2.45) is 5.92 Å². The molecule has 2 aliphatic rings. The highest BCUT2D eigenvalue weighted by molar-refractivity contribution is 5.72. The minimum atomic E-state index is -0.0430. The molecule has 17 heavy (non-hydrogen) atoms. The van der Waals surface area contributed by atoms with Gasteiger partial charge in [-0.2, -0.15) is 0 Å². The predicted octanol–water partition coefficient (Wildman–Crippen LogP) is 1.44. The lowest BCUT2D eigenvalue weighted by molar-refractivity contribution is -0.147. The molecule has 1 unspecified atom stereocenters. The number of ether oxygens (including phenoxy) is 2. The van der Waals surface area contributed by atoms with Gasteiger partial charge in [0.1, 0.15) is 0 Å². The Kier molecular flexibility index (Phi) is 4.80. The maximum atomic E-state index is 11.4. The lowest BCUT2D eigenvalue weighted by Crippen LogP contribution is -2.42. The molecule has 0 spiro atoms. The number of esters is 1. The van der Waals surface area contributed by atoms with Crippen LogP contribution in [0, 0.1) is 5.92 Å². The molecule has 98 valence electrons. The van der Waals surface area contributed by atoms with Crippen molar-refractivity contribution < 1.29 is 14.3 Å². The fourth-order valence-corrected chi connectivity index (χ4v) is 2.76. The Hall–Kier alpha value is -0.610. The molecule has 0 bridgehead atoms. The van der Waals surface area contributed by atoms with Gasteiger partial charge >= 0.3 is 5.97 Å². The zero-order chi connectivity index (χ0) is 12.1. The van der Waals surface area contributed by atoms with Crippen LogP contribution in [-0.2, 0) is 14.3 Å². The molecule has 2 aliphatic heterocycles. The summed E-state index contributed by atoms with van der Waals surface area (Å²) in [7, 11) is 1.48. The molecule has 0 radical (unpaired) electrons. The van der Waals surface area contributed by atoms with Gasteiger partial charge in [0.05, 0.1) is 19.1 Å². The summed E-state index contributed by atoms with van der Waals surface area (Å²) in [4.78, 5) is 13.8. The first-order valence-corrected chi connectivity index (χ1v) is 6.71. The van der Waals surface area contributed by atoms with Crippen LogP contribution in [0.25, 0.3) is 0 Å². The van der Waals surface area contributed by atoms with Crippen LogP contribution >= 0.6 is 0 Å². The third kappa shape index (κ3) is 3.68. The maximum Gasteiger partial charge on any atom is 0.308 e. The molecule has 0 aromatic carbocycles. The van der Waals surface area contributed by atoms with Gasteiger partial charge in [-0.3, -0.25) is 4.79 Å². The quantitative estimate of drug-likeness (QED) is 0.701. The van der Waals surface area contributed by atoms with E-state index in [1.54, 1.807) is 0 Å². The second-order valence-corrected chi connectivity index (χ2v) is 5.09. The first kappa shape index (κ1) is 12.8. The molecule has 4 heteroatoms. The number of likely N-dealkylation sites (tertiary alicyclic amines) is 1. The highest BCUT2D eigenvalue weighted by Gasteiger charge is 2.27. The molecule has 0 aromatic rings. The monoisotopic (exact) mass is 241 g/mol. The van der Waals surface area contributed by atoms with E-state index in [2.05, 4.69) is 4.90 Å². The Balaban J connectivity index is 1.69. The summed E-state index contributed by atoms with van der Waals surface area (Å²) >= 11 is 0. The maximum absolute atomic E-state index is 11.4. The summed E-state index contributed by atoms with van der Waals surface area (Å²) in [5.41, 5.74) is 0. The first-order valence-electron chi connectivity index (χ1n) is 6.71. The lowest BCUT2D eigenvalue weighted by Gasteiger charge is -2.34. The molecule has 4 nitrogen and oxygen atoms in total. The Morgan fingerprint density at radius 2 is 2.06 bits per heavy atom. The second-order valence-electron chi connectivity index (χ2n) is 5.09. The van der Waals surface area contributed by atoms with Crippen LogP contribution in [0.15, 0.2) is 0 Å². The Bertz CT molecular complexity index is 243. The van der Waals surface area contributed by atoms with Crippen LogP contribution in [-0.4, -0.2) is 50.3 Å². The fourth-order valence-electron chi connectivity index (χ4n) is 2.76. The highest BCUT2D eigenvalue weighted by Crippen LogP contribution is 2.20. The molecule has 2 heterocycles. The molecule has 2 saturated heterocycles. The summed E-state index contributed by atoms with van der Waals surface area (Å²) in [5.74, 6) is 0.0714. The Morgan fingerprint density at radius 3 is 2.65 bits per heavy atom. The number of carbonyl (C=O) groups is 1. The molecular formula is C13H23NO3. The van der Waals surface area contributed by atoms with E-state index in [1.165, 1.54) is 26.4 Å². The zero-order valence-corrected chi connectivity index (χ0v) is 10.7. The van der Waals surface area contributed by atoms with Crippen molar-refractivity contribution in [3.8, 4) is 0 Å². The summed E-state index contributed by atoms with van der Waals surface area (Å²) in [6.07, 6.45) is 5.97. The van der Waals surface area contributed by atoms with Crippen LogP contribution in [0.3, 0.4) is 0 Å². The van der Waals surface area contributed by atoms with Gasteiger partial charge in [-0.15, -0.1) is 0 Å². The number of nitrogens with zero attached hydrogens (tertiary/aromatic N) is 1. The van der Waals surface area contributed by atoms with Crippen molar-refractivity contribution in [2.45, 2.75) is 38.2 Å². The number of hydrogen-bond donors (Lipinski definition) is 0. The molecule has 1 atom stereocenters. The van der Waals surface area contributed by atoms with Crippen LogP contribution in [0.4, 0.5) is 0 Å². The Morgan fingerprint density at radius 1 is 1.29 bits per heavy atom. The van der Waals surface area contributed by atoms with E-state index in [9.17, 15) is 4.79 Å². The van der Waals surface area contributed by atoms with Crippen molar-refractivity contribution in [1.82, 2.24) is 4.90 Å². The minimum absolute atomic E-state index is 0.0430. The van der Waals surface area contributed by atoms with E-state index in [1.807, 2.05) is 0 Å².